The minimum atomic E-state index is -0.481. The number of hydrogen-bond donors (Lipinski definition) is 0. The molecule has 0 aliphatic rings. The summed E-state index contributed by atoms with van der Waals surface area (Å²) < 4.78 is 5.28. The summed E-state index contributed by atoms with van der Waals surface area (Å²) in [6.07, 6.45) is 1.70. The summed E-state index contributed by atoms with van der Waals surface area (Å²) in [7, 11) is 0. The maximum absolute atomic E-state index is 12.5. The molecule has 0 spiro atoms. The molecule has 2 rings (SSSR count). The Morgan fingerprint density at radius 3 is 1.92 bits per heavy atom. The summed E-state index contributed by atoms with van der Waals surface area (Å²) in [4.78, 5) is 17.3. The average molecular weight is 337 g/mol. The van der Waals surface area contributed by atoms with Gasteiger partial charge in [0.25, 0.3) is 0 Å². The zero-order chi connectivity index (χ0) is 18.1. The van der Waals surface area contributed by atoms with Crippen molar-refractivity contribution in [2.75, 3.05) is 6.61 Å². The van der Waals surface area contributed by atoms with Crippen LogP contribution in [0.5, 0.6) is 0 Å². The molecule has 2 aromatic rings. The minimum Gasteiger partial charge on any atom is -0.464 e. The van der Waals surface area contributed by atoms with E-state index in [4.69, 9.17) is 9.73 Å². The number of carbonyl (C=O) groups excluding carboxylic acids is 1. The molecule has 0 fully saturated rings. The SMILES string of the molecule is CCOC(=O)[C@H](CC(C)CC)N=C(c1ccccc1)c1ccccc1. The molecule has 25 heavy (non-hydrogen) atoms. The molecule has 1 unspecified atom stereocenters. The Bertz CT molecular complexity index is 638. The number of aliphatic imine (C=N–C) groups is 1. The second kappa shape index (κ2) is 9.77. The third-order valence-electron chi connectivity index (χ3n) is 4.26. The van der Waals surface area contributed by atoms with E-state index >= 15 is 0 Å². The molecule has 0 saturated carbocycles. The first kappa shape index (κ1) is 18.9. The van der Waals surface area contributed by atoms with Gasteiger partial charge in [-0.1, -0.05) is 80.9 Å². The summed E-state index contributed by atoms with van der Waals surface area (Å²) in [6.45, 7) is 6.48. The maximum Gasteiger partial charge on any atom is 0.330 e. The van der Waals surface area contributed by atoms with E-state index in [2.05, 4.69) is 13.8 Å². The molecular weight excluding hydrogens is 310 g/mol. The molecule has 0 aromatic heterocycles. The fourth-order valence-corrected chi connectivity index (χ4v) is 2.65. The molecule has 0 amide bonds. The van der Waals surface area contributed by atoms with Crippen molar-refractivity contribution in [3.63, 3.8) is 0 Å². The van der Waals surface area contributed by atoms with E-state index in [1.54, 1.807) is 0 Å². The Hall–Kier alpha value is -2.42. The van der Waals surface area contributed by atoms with Crippen LogP contribution < -0.4 is 0 Å². The predicted molar refractivity (Wildman–Crippen MR) is 103 cm³/mol. The number of rotatable bonds is 8. The van der Waals surface area contributed by atoms with Gasteiger partial charge in [-0.05, 0) is 19.3 Å². The van der Waals surface area contributed by atoms with E-state index in [1.165, 1.54) is 0 Å². The smallest absolute Gasteiger partial charge is 0.330 e. The van der Waals surface area contributed by atoms with Gasteiger partial charge in [0.2, 0.25) is 0 Å². The second-order valence-corrected chi connectivity index (χ2v) is 6.23. The maximum atomic E-state index is 12.5. The first-order valence-corrected chi connectivity index (χ1v) is 9.01. The van der Waals surface area contributed by atoms with Crippen molar-refractivity contribution >= 4 is 11.7 Å². The van der Waals surface area contributed by atoms with Crippen molar-refractivity contribution in [2.45, 2.75) is 39.7 Å². The van der Waals surface area contributed by atoms with Gasteiger partial charge in [0.15, 0.2) is 0 Å². The summed E-state index contributed by atoms with van der Waals surface area (Å²) >= 11 is 0. The van der Waals surface area contributed by atoms with E-state index in [0.29, 0.717) is 18.9 Å². The second-order valence-electron chi connectivity index (χ2n) is 6.23. The molecule has 0 heterocycles. The van der Waals surface area contributed by atoms with Crippen molar-refractivity contribution in [2.24, 2.45) is 10.9 Å². The molecule has 0 saturated heterocycles. The molecule has 0 bridgehead atoms. The van der Waals surface area contributed by atoms with E-state index in [-0.39, 0.29) is 5.97 Å². The molecule has 2 atom stereocenters. The van der Waals surface area contributed by atoms with Gasteiger partial charge in [-0.3, -0.25) is 4.99 Å². The van der Waals surface area contributed by atoms with E-state index in [1.807, 2.05) is 67.6 Å². The van der Waals surface area contributed by atoms with Crippen molar-refractivity contribution in [3.05, 3.63) is 71.8 Å². The lowest BCUT2D eigenvalue weighted by Gasteiger charge is -2.18. The highest BCUT2D eigenvalue weighted by atomic mass is 16.5. The van der Waals surface area contributed by atoms with Crippen LogP contribution in [0.15, 0.2) is 65.7 Å². The highest BCUT2D eigenvalue weighted by Gasteiger charge is 2.22. The van der Waals surface area contributed by atoms with Crippen LogP contribution in [0.4, 0.5) is 0 Å². The summed E-state index contributed by atoms with van der Waals surface area (Å²) in [5.74, 6) is 0.165. The van der Waals surface area contributed by atoms with E-state index < -0.39 is 6.04 Å². The van der Waals surface area contributed by atoms with Gasteiger partial charge in [0, 0.05) is 11.1 Å². The first-order chi connectivity index (χ1) is 12.2. The summed E-state index contributed by atoms with van der Waals surface area (Å²) in [5.41, 5.74) is 2.85. The zero-order valence-corrected chi connectivity index (χ0v) is 15.3. The van der Waals surface area contributed by atoms with Crippen LogP contribution in [0.3, 0.4) is 0 Å². The number of nitrogens with zero attached hydrogens (tertiary/aromatic N) is 1. The van der Waals surface area contributed by atoms with Crippen LogP contribution in [0, 0.1) is 5.92 Å². The van der Waals surface area contributed by atoms with Crippen LogP contribution in [0.25, 0.3) is 0 Å². The van der Waals surface area contributed by atoms with Gasteiger partial charge < -0.3 is 4.74 Å². The van der Waals surface area contributed by atoms with Crippen molar-refractivity contribution in [3.8, 4) is 0 Å². The van der Waals surface area contributed by atoms with Crippen LogP contribution in [0.1, 0.15) is 44.7 Å². The van der Waals surface area contributed by atoms with Crippen molar-refractivity contribution < 1.29 is 9.53 Å². The molecule has 3 nitrogen and oxygen atoms in total. The Kier molecular flexibility index (Phi) is 7.39. The lowest BCUT2D eigenvalue weighted by atomic mass is 9.98. The first-order valence-electron chi connectivity index (χ1n) is 9.01. The standard InChI is InChI=1S/C22H27NO2/c1-4-17(3)16-20(22(24)25-5-2)23-21(18-12-8-6-9-13-18)19-14-10-7-11-15-19/h6-15,17,20H,4-5,16H2,1-3H3/t17?,20-/m0/s1. The molecule has 132 valence electrons. The Morgan fingerprint density at radius 1 is 0.960 bits per heavy atom. The van der Waals surface area contributed by atoms with Crippen molar-refractivity contribution in [1.82, 2.24) is 0 Å². The lowest BCUT2D eigenvalue weighted by molar-refractivity contribution is -0.145. The third-order valence-corrected chi connectivity index (χ3v) is 4.26. The number of esters is 1. The van der Waals surface area contributed by atoms with Gasteiger partial charge in [0.1, 0.15) is 6.04 Å². The van der Waals surface area contributed by atoms with Gasteiger partial charge in [-0.15, -0.1) is 0 Å². The highest BCUT2D eigenvalue weighted by molar-refractivity contribution is 6.13. The Balaban J connectivity index is 2.46. The van der Waals surface area contributed by atoms with E-state index in [9.17, 15) is 4.79 Å². The molecule has 3 heteroatoms. The van der Waals surface area contributed by atoms with Crippen LogP contribution in [0.2, 0.25) is 0 Å². The van der Waals surface area contributed by atoms with Crippen LogP contribution in [-0.2, 0) is 9.53 Å². The van der Waals surface area contributed by atoms with Gasteiger partial charge in [-0.2, -0.15) is 0 Å². The van der Waals surface area contributed by atoms with Gasteiger partial charge in [0.05, 0.1) is 12.3 Å². The lowest BCUT2D eigenvalue weighted by Crippen LogP contribution is -2.26. The molecule has 0 N–H and O–H groups in total. The fraction of sp³-hybridized carbons (Fsp3) is 0.364. The normalized spacial score (nSPS) is 12.9. The average Bonchev–Trinajstić information content (AvgIpc) is 2.66. The van der Waals surface area contributed by atoms with Crippen LogP contribution >= 0.6 is 0 Å². The van der Waals surface area contributed by atoms with Gasteiger partial charge >= 0.3 is 5.97 Å². The molecular formula is C22H27NO2. The largest absolute Gasteiger partial charge is 0.464 e. The number of benzene rings is 2. The molecule has 0 radical (unpaired) electrons. The molecule has 2 aromatic carbocycles. The number of ether oxygens (including phenoxy) is 1. The van der Waals surface area contributed by atoms with Gasteiger partial charge in [-0.25, -0.2) is 4.79 Å². The monoisotopic (exact) mass is 337 g/mol. The molecule has 0 aliphatic carbocycles. The Labute approximate surface area is 150 Å². The zero-order valence-electron chi connectivity index (χ0n) is 15.3. The predicted octanol–water partition coefficient (Wildman–Crippen LogP) is 4.89. The topological polar surface area (TPSA) is 38.7 Å². The Morgan fingerprint density at radius 2 is 1.48 bits per heavy atom. The fourth-order valence-electron chi connectivity index (χ4n) is 2.65. The third kappa shape index (κ3) is 5.56. The van der Waals surface area contributed by atoms with E-state index in [0.717, 1.165) is 23.3 Å². The molecule has 0 aliphatic heterocycles. The summed E-state index contributed by atoms with van der Waals surface area (Å²) in [5, 5.41) is 0. The van der Waals surface area contributed by atoms with Crippen molar-refractivity contribution in [1.29, 1.82) is 0 Å². The minimum absolute atomic E-state index is 0.243. The summed E-state index contributed by atoms with van der Waals surface area (Å²) in [6, 6.07) is 19.5. The highest BCUT2D eigenvalue weighted by Crippen LogP contribution is 2.18. The number of hydrogen-bond acceptors (Lipinski definition) is 3. The number of carbonyl (C=O) groups is 1. The van der Waals surface area contributed by atoms with Crippen LogP contribution in [-0.4, -0.2) is 24.3 Å². The quantitative estimate of drug-likeness (QED) is 0.508.